The SMILES string of the molecule is CCCCC/C=C/CC/C=C/CC/C=C/C(O)C(CO)NC(=O)CCCCC. The molecule has 4 heteroatoms. The van der Waals surface area contributed by atoms with Gasteiger partial charge in [0.05, 0.1) is 18.8 Å². The molecule has 0 saturated heterocycles. The fourth-order valence-corrected chi connectivity index (χ4v) is 2.79. The topological polar surface area (TPSA) is 69.6 Å². The van der Waals surface area contributed by atoms with Crippen molar-refractivity contribution in [2.24, 2.45) is 0 Å². The summed E-state index contributed by atoms with van der Waals surface area (Å²) in [4.78, 5) is 11.8. The summed E-state index contributed by atoms with van der Waals surface area (Å²) in [5, 5.41) is 22.2. The van der Waals surface area contributed by atoms with Crippen LogP contribution in [0.25, 0.3) is 0 Å². The number of hydrogen-bond donors (Lipinski definition) is 3. The summed E-state index contributed by atoms with van der Waals surface area (Å²) in [7, 11) is 0. The fourth-order valence-electron chi connectivity index (χ4n) is 2.79. The molecule has 28 heavy (non-hydrogen) atoms. The van der Waals surface area contributed by atoms with Crippen molar-refractivity contribution in [2.45, 2.75) is 103 Å². The van der Waals surface area contributed by atoms with Crippen LogP contribution in [0.1, 0.15) is 90.9 Å². The monoisotopic (exact) mass is 393 g/mol. The minimum Gasteiger partial charge on any atom is -0.394 e. The van der Waals surface area contributed by atoms with E-state index in [1.165, 1.54) is 25.7 Å². The maximum absolute atomic E-state index is 11.8. The third kappa shape index (κ3) is 16.8. The minimum absolute atomic E-state index is 0.109. The van der Waals surface area contributed by atoms with Crippen molar-refractivity contribution in [1.29, 1.82) is 0 Å². The van der Waals surface area contributed by atoms with Gasteiger partial charge in [0.25, 0.3) is 0 Å². The molecule has 2 atom stereocenters. The number of carbonyl (C=O) groups excluding carboxylic acids is 1. The van der Waals surface area contributed by atoms with Gasteiger partial charge in [0.15, 0.2) is 0 Å². The molecule has 0 aromatic rings. The smallest absolute Gasteiger partial charge is 0.220 e. The van der Waals surface area contributed by atoms with Crippen LogP contribution in [0, 0.1) is 0 Å². The highest BCUT2D eigenvalue weighted by Crippen LogP contribution is 2.04. The summed E-state index contributed by atoms with van der Waals surface area (Å²) < 4.78 is 0. The van der Waals surface area contributed by atoms with E-state index in [9.17, 15) is 15.0 Å². The molecule has 0 aromatic carbocycles. The van der Waals surface area contributed by atoms with Gasteiger partial charge in [-0.3, -0.25) is 4.79 Å². The Kier molecular flexibility index (Phi) is 19.3. The third-order valence-electron chi connectivity index (χ3n) is 4.60. The Bertz CT molecular complexity index is 443. The van der Waals surface area contributed by atoms with Crippen LogP contribution >= 0.6 is 0 Å². The summed E-state index contributed by atoms with van der Waals surface area (Å²) in [6, 6.07) is -0.634. The summed E-state index contributed by atoms with van der Waals surface area (Å²) in [5.41, 5.74) is 0. The van der Waals surface area contributed by atoms with Crippen molar-refractivity contribution in [3.63, 3.8) is 0 Å². The van der Waals surface area contributed by atoms with Gasteiger partial charge < -0.3 is 15.5 Å². The highest BCUT2D eigenvalue weighted by Gasteiger charge is 2.17. The molecule has 0 aliphatic carbocycles. The van der Waals surface area contributed by atoms with Crippen LogP contribution in [0.3, 0.4) is 0 Å². The van der Waals surface area contributed by atoms with E-state index in [1.807, 2.05) is 6.08 Å². The Balaban J connectivity index is 3.86. The third-order valence-corrected chi connectivity index (χ3v) is 4.60. The Labute approximate surface area is 172 Å². The lowest BCUT2D eigenvalue weighted by atomic mass is 10.1. The van der Waals surface area contributed by atoms with Gasteiger partial charge in [-0.15, -0.1) is 0 Å². The molecule has 0 fully saturated rings. The van der Waals surface area contributed by atoms with E-state index in [0.29, 0.717) is 6.42 Å². The molecule has 162 valence electrons. The quantitative estimate of drug-likeness (QED) is 0.221. The average Bonchev–Trinajstić information content (AvgIpc) is 2.69. The number of unbranched alkanes of at least 4 members (excludes halogenated alkanes) is 7. The molecule has 0 saturated carbocycles. The van der Waals surface area contributed by atoms with Gasteiger partial charge in [-0.25, -0.2) is 0 Å². The van der Waals surface area contributed by atoms with Crippen molar-refractivity contribution < 1.29 is 15.0 Å². The number of allylic oxidation sites excluding steroid dienone is 5. The first-order chi connectivity index (χ1) is 13.7. The lowest BCUT2D eigenvalue weighted by molar-refractivity contribution is -0.123. The second kappa shape index (κ2) is 20.3. The zero-order valence-electron chi connectivity index (χ0n) is 18.1. The number of amides is 1. The standard InChI is InChI=1S/C24H43NO3/c1-3-5-7-8-9-10-11-12-13-14-15-16-18-19-23(27)22(21-26)25-24(28)20-17-6-4-2/h9-10,13-14,18-19,22-23,26-27H,3-8,11-12,15-17,20-21H2,1-2H3,(H,25,28)/b10-9+,14-13+,19-18+. The highest BCUT2D eigenvalue weighted by atomic mass is 16.3. The van der Waals surface area contributed by atoms with E-state index in [1.54, 1.807) is 6.08 Å². The van der Waals surface area contributed by atoms with Crippen molar-refractivity contribution in [3.8, 4) is 0 Å². The van der Waals surface area contributed by atoms with E-state index >= 15 is 0 Å². The highest BCUT2D eigenvalue weighted by molar-refractivity contribution is 5.76. The molecule has 4 nitrogen and oxygen atoms in total. The van der Waals surface area contributed by atoms with Gasteiger partial charge in [0, 0.05) is 6.42 Å². The van der Waals surface area contributed by atoms with Crippen LogP contribution in [0.4, 0.5) is 0 Å². The van der Waals surface area contributed by atoms with E-state index in [0.717, 1.165) is 44.9 Å². The molecule has 0 rings (SSSR count). The van der Waals surface area contributed by atoms with Crippen LogP contribution in [0.5, 0.6) is 0 Å². The molecule has 0 spiro atoms. The van der Waals surface area contributed by atoms with E-state index in [2.05, 4.69) is 43.5 Å². The number of aliphatic hydroxyl groups is 2. The lowest BCUT2D eigenvalue weighted by Gasteiger charge is -2.19. The average molecular weight is 394 g/mol. The van der Waals surface area contributed by atoms with Crippen LogP contribution in [0.15, 0.2) is 36.5 Å². The van der Waals surface area contributed by atoms with Gasteiger partial charge in [-0.05, 0) is 44.9 Å². The predicted molar refractivity (Wildman–Crippen MR) is 119 cm³/mol. The first kappa shape index (κ1) is 26.6. The summed E-state index contributed by atoms with van der Waals surface area (Å²) in [5.74, 6) is -0.109. The second-order valence-corrected chi connectivity index (χ2v) is 7.33. The molecule has 0 aromatic heterocycles. The van der Waals surface area contributed by atoms with Gasteiger partial charge in [0.1, 0.15) is 0 Å². The normalized spacial score (nSPS) is 14.3. The van der Waals surface area contributed by atoms with Crippen molar-refractivity contribution in [3.05, 3.63) is 36.5 Å². The minimum atomic E-state index is -0.859. The maximum atomic E-state index is 11.8. The van der Waals surface area contributed by atoms with Gasteiger partial charge in [0.2, 0.25) is 5.91 Å². The van der Waals surface area contributed by atoms with E-state index in [-0.39, 0.29) is 12.5 Å². The number of aliphatic hydroxyl groups excluding tert-OH is 2. The lowest BCUT2D eigenvalue weighted by Crippen LogP contribution is -2.45. The summed E-state index contributed by atoms with van der Waals surface area (Å²) in [6.45, 7) is 4.05. The molecular weight excluding hydrogens is 350 g/mol. The van der Waals surface area contributed by atoms with Crippen LogP contribution < -0.4 is 5.32 Å². The molecule has 0 heterocycles. The first-order valence-corrected chi connectivity index (χ1v) is 11.2. The molecule has 1 amide bonds. The molecule has 0 aliphatic heterocycles. The summed E-state index contributed by atoms with van der Waals surface area (Å²) >= 11 is 0. The van der Waals surface area contributed by atoms with Gasteiger partial charge in [-0.2, -0.15) is 0 Å². The largest absolute Gasteiger partial charge is 0.394 e. The zero-order chi connectivity index (χ0) is 20.9. The molecule has 2 unspecified atom stereocenters. The molecule has 0 radical (unpaired) electrons. The molecular formula is C24H43NO3. The number of nitrogens with one attached hydrogen (secondary N) is 1. The second-order valence-electron chi connectivity index (χ2n) is 7.33. The molecule has 0 aliphatic rings. The van der Waals surface area contributed by atoms with Gasteiger partial charge in [-0.1, -0.05) is 76.0 Å². The zero-order valence-corrected chi connectivity index (χ0v) is 18.1. The van der Waals surface area contributed by atoms with Crippen molar-refractivity contribution in [2.75, 3.05) is 6.61 Å². The number of rotatable bonds is 18. The van der Waals surface area contributed by atoms with Crippen LogP contribution in [0.2, 0.25) is 0 Å². The molecule has 3 N–H and O–H groups in total. The predicted octanol–water partition coefficient (Wildman–Crippen LogP) is 5.21. The molecule has 0 bridgehead atoms. The Morgan fingerprint density at radius 2 is 1.36 bits per heavy atom. The summed E-state index contributed by atoms with van der Waals surface area (Å²) in [6.07, 6.45) is 24.0. The van der Waals surface area contributed by atoms with Crippen LogP contribution in [-0.2, 0) is 4.79 Å². The Hall–Kier alpha value is -1.39. The van der Waals surface area contributed by atoms with E-state index in [4.69, 9.17) is 0 Å². The van der Waals surface area contributed by atoms with Crippen molar-refractivity contribution >= 4 is 5.91 Å². The fraction of sp³-hybridized carbons (Fsp3) is 0.708. The van der Waals surface area contributed by atoms with E-state index < -0.39 is 12.1 Å². The number of hydrogen-bond acceptors (Lipinski definition) is 3. The number of carbonyl (C=O) groups is 1. The van der Waals surface area contributed by atoms with Gasteiger partial charge >= 0.3 is 0 Å². The maximum Gasteiger partial charge on any atom is 0.220 e. The first-order valence-electron chi connectivity index (χ1n) is 11.2. The Morgan fingerprint density at radius 3 is 1.93 bits per heavy atom. The van der Waals surface area contributed by atoms with Crippen LogP contribution in [-0.4, -0.2) is 34.9 Å². The van der Waals surface area contributed by atoms with Crippen molar-refractivity contribution in [1.82, 2.24) is 5.32 Å². The Morgan fingerprint density at radius 1 is 0.821 bits per heavy atom.